The Kier molecular flexibility index (Phi) is 8.54. The van der Waals surface area contributed by atoms with Gasteiger partial charge in [-0.05, 0) is 37.0 Å². The van der Waals surface area contributed by atoms with Gasteiger partial charge >= 0.3 is 6.18 Å². The first-order valence-corrected chi connectivity index (χ1v) is 9.89. The lowest BCUT2D eigenvalue weighted by molar-refractivity contribution is -0.117. The van der Waals surface area contributed by atoms with Crippen molar-refractivity contribution in [2.75, 3.05) is 18.5 Å². The predicted molar refractivity (Wildman–Crippen MR) is 110 cm³/mol. The topological polar surface area (TPSA) is 103 Å². The van der Waals surface area contributed by atoms with Crippen LogP contribution in [0.3, 0.4) is 0 Å². The summed E-state index contributed by atoms with van der Waals surface area (Å²) < 4.78 is 40.6. The summed E-state index contributed by atoms with van der Waals surface area (Å²) in [6.07, 6.45) is 0.882. The number of benzene rings is 1. The molecule has 0 aromatic heterocycles. The van der Waals surface area contributed by atoms with Crippen molar-refractivity contribution in [1.29, 1.82) is 5.26 Å². The summed E-state index contributed by atoms with van der Waals surface area (Å²) in [5.74, 6) is -0.649. The molecule has 4 N–H and O–H groups in total. The zero-order valence-corrected chi connectivity index (χ0v) is 17.0. The number of nitrogens with one attached hydrogen (secondary N) is 2. The van der Waals surface area contributed by atoms with Gasteiger partial charge in [0.1, 0.15) is 6.67 Å². The fourth-order valence-electron chi connectivity index (χ4n) is 3.24. The Hall–Kier alpha value is -2.73. The largest absolute Gasteiger partial charge is 0.433 e. The molecule has 0 spiro atoms. The molecule has 0 saturated heterocycles. The second kappa shape index (κ2) is 10.9. The highest BCUT2D eigenvalue weighted by molar-refractivity contribution is 6.33. The van der Waals surface area contributed by atoms with E-state index in [2.05, 4.69) is 15.6 Å². The molecule has 0 aliphatic heterocycles. The number of halogens is 4. The first-order chi connectivity index (χ1) is 14.3. The minimum absolute atomic E-state index is 0.164. The van der Waals surface area contributed by atoms with Gasteiger partial charge in [0.15, 0.2) is 5.71 Å². The number of nitrogens with two attached hydrogens (primary N) is 1. The number of amides is 1. The smallest absolute Gasteiger partial charge is 0.404 e. The van der Waals surface area contributed by atoms with E-state index in [1.165, 1.54) is 18.2 Å². The highest BCUT2D eigenvalue weighted by atomic mass is 35.5. The van der Waals surface area contributed by atoms with E-state index in [4.69, 9.17) is 22.6 Å². The van der Waals surface area contributed by atoms with Gasteiger partial charge in [-0.2, -0.15) is 18.4 Å². The van der Waals surface area contributed by atoms with Crippen LogP contribution in [0.25, 0.3) is 0 Å². The molecule has 0 atom stereocenters. The number of hydrogen-bond acceptors (Lipinski definition) is 5. The van der Waals surface area contributed by atoms with Gasteiger partial charge in [-0.25, -0.2) is 0 Å². The number of carbonyl (C=O) groups is 1. The standard InChI is InChI=1S/C20H23ClF3N5O/c21-16-8-14(9-25)6-7-17(16)28-12-29-18(20(22,23)24)15(10-26)19(30)27-11-13-4-2-1-3-5-13/h6-8,10,13,28H,1-5,11-12,26H2,(H,27,30)/b15-10+,29-18+. The fourth-order valence-corrected chi connectivity index (χ4v) is 3.49. The third-order valence-corrected chi connectivity index (χ3v) is 5.13. The molecule has 1 amide bonds. The van der Waals surface area contributed by atoms with Crippen LogP contribution in [-0.4, -0.2) is 31.0 Å². The van der Waals surface area contributed by atoms with Crippen LogP contribution in [-0.2, 0) is 4.79 Å². The van der Waals surface area contributed by atoms with E-state index in [9.17, 15) is 18.0 Å². The minimum Gasteiger partial charge on any atom is -0.404 e. The van der Waals surface area contributed by atoms with Crippen LogP contribution in [0.1, 0.15) is 37.7 Å². The molecule has 0 radical (unpaired) electrons. The van der Waals surface area contributed by atoms with Gasteiger partial charge in [-0.15, -0.1) is 0 Å². The van der Waals surface area contributed by atoms with Crippen LogP contribution in [0.15, 0.2) is 35.0 Å². The molecule has 0 unspecified atom stereocenters. The van der Waals surface area contributed by atoms with E-state index in [1.54, 1.807) is 0 Å². The van der Waals surface area contributed by atoms with Crippen LogP contribution < -0.4 is 16.4 Å². The quantitative estimate of drug-likeness (QED) is 0.437. The average Bonchev–Trinajstić information content (AvgIpc) is 2.72. The zero-order valence-electron chi connectivity index (χ0n) is 16.2. The molecular formula is C20H23ClF3N5O. The lowest BCUT2D eigenvalue weighted by atomic mass is 9.89. The van der Waals surface area contributed by atoms with E-state index in [0.717, 1.165) is 32.1 Å². The Morgan fingerprint density at radius 2 is 2.03 bits per heavy atom. The number of hydrogen-bond donors (Lipinski definition) is 3. The molecule has 1 fully saturated rings. The SMILES string of the molecule is N#Cc1ccc(NC/N=C(\C(=C/N)C(=O)NCC2CCCCC2)C(F)(F)F)c(Cl)c1. The molecule has 30 heavy (non-hydrogen) atoms. The van der Waals surface area contributed by atoms with E-state index >= 15 is 0 Å². The first kappa shape index (κ1) is 23.5. The predicted octanol–water partition coefficient (Wildman–Crippen LogP) is 4.12. The normalized spacial score (nSPS) is 16.1. The second-order valence-corrected chi connectivity index (χ2v) is 7.35. The number of anilines is 1. The molecule has 6 nitrogen and oxygen atoms in total. The molecule has 2 rings (SSSR count). The summed E-state index contributed by atoms with van der Waals surface area (Å²) in [6, 6.07) is 6.21. The maximum atomic E-state index is 13.5. The number of aliphatic imine (C=N–C) groups is 1. The molecule has 10 heteroatoms. The van der Waals surface area contributed by atoms with Crippen molar-refractivity contribution in [3.8, 4) is 6.07 Å². The molecular weight excluding hydrogens is 419 g/mol. The molecule has 1 aliphatic rings. The Bertz CT molecular complexity index is 855. The summed E-state index contributed by atoms with van der Waals surface area (Å²) in [5.41, 5.74) is 3.86. The fraction of sp³-hybridized carbons (Fsp3) is 0.450. The number of carbonyl (C=O) groups excluding carboxylic acids is 1. The van der Waals surface area contributed by atoms with Crippen molar-refractivity contribution in [1.82, 2.24) is 5.32 Å². The molecule has 162 valence electrons. The number of alkyl halides is 3. The number of rotatable bonds is 7. The summed E-state index contributed by atoms with van der Waals surface area (Å²) in [5, 5.41) is 14.2. The van der Waals surface area contributed by atoms with Crippen LogP contribution in [0.5, 0.6) is 0 Å². The maximum Gasteiger partial charge on any atom is 0.433 e. The highest BCUT2D eigenvalue weighted by Gasteiger charge is 2.40. The van der Waals surface area contributed by atoms with Crippen molar-refractivity contribution in [3.05, 3.63) is 40.6 Å². The van der Waals surface area contributed by atoms with Crippen LogP contribution in [0, 0.1) is 17.2 Å². The monoisotopic (exact) mass is 441 g/mol. The minimum atomic E-state index is -4.87. The Labute approximate surface area is 178 Å². The zero-order chi connectivity index (χ0) is 22.1. The molecule has 0 bridgehead atoms. The molecule has 1 aliphatic carbocycles. The number of nitrogens with zero attached hydrogens (tertiary/aromatic N) is 2. The van der Waals surface area contributed by atoms with Crippen molar-refractivity contribution in [2.24, 2.45) is 16.6 Å². The van der Waals surface area contributed by atoms with Gasteiger partial charge in [-0.1, -0.05) is 30.9 Å². The van der Waals surface area contributed by atoms with Crippen molar-refractivity contribution >= 4 is 28.9 Å². The van der Waals surface area contributed by atoms with Crippen LogP contribution in [0.2, 0.25) is 5.02 Å². The summed E-state index contributed by atoms with van der Waals surface area (Å²) in [6.45, 7) is -0.186. The average molecular weight is 442 g/mol. The second-order valence-electron chi connectivity index (χ2n) is 6.94. The van der Waals surface area contributed by atoms with Gasteiger partial charge < -0.3 is 16.4 Å². The van der Waals surface area contributed by atoms with Gasteiger partial charge in [0, 0.05) is 12.7 Å². The van der Waals surface area contributed by atoms with Gasteiger partial charge in [0.05, 0.1) is 27.9 Å². The molecule has 0 heterocycles. The van der Waals surface area contributed by atoms with E-state index in [0.29, 0.717) is 24.0 Å². The molecule has 1 aromatic rings. The van der Waals surface area contributed by atoms with Crippen molar-refractivity contribution in [3.63, 3.8) is 0 Å². The van der Waals surface area contributed by atoms with Crippen LogP contribution >= 0.6 is 11.6 Å². The first-order valence-electron chi connectivity index (χ1n) is 9.52. The third kappa shape index (κ3) is 6.66. The van der Waals surface area contributed by atoms with Gasteiger partial charge in [0.25, 0.3) is 5.91 Å². The maximum absolute atomic E-state index is 13.5. The summed E-state index contributed by atoms with van der Waals surface area (Å²) >= 11 is 5.99. The molecule has 1 saturated carbocycles. The Morgan fingerprint density at radius 1 is 1.33 bits per heavy atom. The lowest BCUT2D eigenvalue weighted by Crippen LogP contribution is -2.38. The highest BCUT2D eigenvalue weighted by Crippen LogP contribution is 2.25. The van der Waals surface area contributed by atoms with Crippen LogP contribution in [0.4, 0.5) is 18.9 Å². The Morgan fingerprint density at radius 3 is 2.60 bits per heavy atom. The van der Waals surface area contributed by atoms with E-state index in [1.807, 2.05) is 6.07 Å². The Balaban J connectivity index is 2.08. The summed E-state index contributed by atoms with van der Waals surface area (Å²) in [4.78, 5) is 15.9. The van der Waals surface area contributed by atoms with Crippen molar-refractivity contribution in [2.45, 2.75) is 38.3 Å². The number of nitriles is 1. The van der Waals surface area contributed by atoms with Crippen molar-refractivity contribution < 1.29 is 18.0 Å². The lowest BCUT2D eigenvalue weighted by Gasteiger charge is -2.22. The van der Waals surface area contributed by atoms with E-state index in [-0.39, 0.29) is 10.9 Å². The van der Waals surface area contributed by atoms with Gasteiger partial charge in [0.2, 0.25) is 0 Å². The third-order valence-electron chi connectivity index (χ3n) is 4.82. The van der Waals surface area contributed by atoms with E-state index < -0.39 is 30.0 Å². The summed E-state index contributed by atoms with van der Waals surface area (Å²) in [7, 11) is 0. The molecule has 1 aromatic carbocycles. The van der Waals surface area contributed by atoms with Gasteiger partial charge in [-0.3, -0.25) is 9.79 Å².